The highest BCUT2D eigenvalue weighted by Gasteiger charge is 2.25. The van der Waals surface area contributed by atoms with E-state index in [1.165, 1.54) is 0 Å². The lowest BCUT2D eigenvalue weighted by atomic mass is 10.2. The number of benzene rings is 1. The van der Waals surface area contributed by atoms with Crippen LogP contribution < -0.4 is 0 Å². The van der Waals surface area contributed by atoms with Crippen LogP contribution in [0.1, 0.15) is 26.0 Å². The van der Waals surface area contributed by atoms with E-state index >= 15 is 0 Å². The van der Waals surface area contributed by atoms with Gasteiger partial charge in [0, 0.05) is 16.6 Å². The average Bonchev–Trinajstić information content (AvgIpc) is 2.79. The van der Waals surface area contributed by atoms with Gasteiger partial charge in [0.05, 0.1) is 13.2 Å². The van der Waals surface area contributed by atoms with E-state index in [-0.39, 0.29) is 18.0 Å². The summed E-state index contributed by atoms with van der Waals surface area (Å²) in [5, 5.41) is 0.434. The van der Waals surface area contributed by atoms with Gasteiger partial charge in [0.2, 0.25) is 0 Å². The van der Waals surface area contributed by atoms with Crippen molar-refractivity contribution in [2.75, 3.05) is 6.61 Å². The Bertz CT molecular complexity index is 840. The van der Waals surface area contributed by atoms with Crippen molar-refractivity contribution in [2.45, 2.75) is 44.7 Å². The van der Waals surface area contributed by atoms with Gasteiger partial charge in [-0.1, -0.05) is 25.1 Å². The first-order chi connectivity index (χ1) is 11.3. The molecule has 2 aromatic rings. The molecule has 1 aromatic heterocycles. The zero-order valence-electron chi connectivity index (χ0n) is 13.9. The van der Waals surface area contributed by atoms with Gasteiger partial charge in [0.15, 0.2) is 0 Å². The number of rotatable bonds is 6. The molecule has 8 heteroatoms. The summed E-state index contributed by atoms with van der Waals surface area (Å²) >= 11 is 0. The van der Waals surface area contributed by atoms with Gasteiger partial charge in [0.1, 0.15) is 11.0 Å². The predicted molar refractivity (Wildman–Crippen MR) is 88.7 cm³/mol. The smallest absolute Gasteiger partial charge is 0.435 e. The molecule has 0 aliphatic carbocycles. The molecule has 0 amide bonds. The zero-order chi connectivity index (χ0) is 17.9. The van der Waals surface area contributed by atoms with Crippen LogP contribution in [0.4, 0.5) is 4.79 Å². The molecular formula is C16H21NO6S. The van der Waals surface area contributed by atoms with Gasteiger partial charge in [-0.05, 0) is 26.3 Å². The van der Waals surface area contributed by atoms with Crippen molar-refractivity contribution >= 4 is 27.2 Å². The Morgan fingerprint density at radius 1 is 1.29 bits per heavy atom. The van der Waals surface area contributed by atoms with E-state index in [4.69, 9.17) is 9.47 Å². The third kappa shape index (κ3) is 3.70. The second-order valence-corrected chi connectivity index (χ2v) is 6.71. The number of hydrogen-bond donors (Lipinski definition) is 1. The van der Waals surface area contributed by atoms with Crippen LogP contribution >= 0.6 is 0 Å². The maximum Gasteiger partial charge on any atom is 0.508 e. The summed E-state index contributed by atoms with van der Waals surface area (Å²) in [4.78, 5) is 11.4. The molecule has 0 fully saturated rings. The van der Waals surface area contributed by atoms with Crippen LogP contribution in [-0.2, 0) is 26.1 Å². The van der Waals surface area contributed by atoms with Crippen LogP contribution in [0.15, 0.2) is 29.2 Å². The minimum absolute atomic E-state index is 0.121. The van der Waals surface area contributed by atoms with Crippen LogP contribution in [0.25, 0.3) is 10.9 Å². The summed E-state index contributed by atoms with van der Waals surface area (Å²) in [6.45, 7) is 5.63. The number of ether oxygens (including phenoxy) is 2. The molecule has 1 aromatic carbocycles. The van der Waals surface area contributed by atoms with Gasteiger partial charge in [-0.25, -0.2) is 4.79 Å². The summed E-state index contributed by atoms with van der Waals surface area (Å²) in [7, 11) is -4.37. The van der Waals surface area contributed by atoms with E-state index in [1.807, 2.05) is 6.92 Å². The number of nitrogens with zero attached hydrogens (tertiary/aromatic N) is 1. The highest BCUT2D eigenvalue weighted by atomic mass is 32.2. The molecule has 0 saturated carbocycles. The highest BCUT2D eigenvalue weighted by Crippen LogP contribution is 2.30. The third-order valence-corrected chi connectivity index (χ3v) is 4.83. The first-order valence-electron chi connectivity index (χ1n) is 7.68. The largest absolute Gasteiger partial charge is 0.508 e. The summed E-state index contributed by atoms with van der Waals surface area (Å²) in [6.07, 6.45) is -0.701. The molecule has 2 rings (SSSR count). The predicted octanol–water partition coefficient (Wildman–Crippen LogP) is 3.15. The van der Waals surface area contributed by atoms with Gasteiger partial charge in [-0.3, -0.25) is 4.55 Å². The van der Waals surface area contributed by atoms with Crippen molar-refractivity contribution in [1.29, 1.82) is 0 Å². The highest BCUT2D eigenvalue weighted by molar-refractivity contribution is 7.86. The Labute approximate surface area is 140 Å². The number of hydrogen-bond acceptors (Lipinski definition) is 5. The van der Waals surface area contributed by atoms with Gasteiger partial charge in [-0.2, -0.15) is 8.42 Å². The van der Waals surface area contributed by atoms with Crippen molar-refractivity contribution in [3.8, 4) is 0 Å². The fraction of sp³-hybridized carbons (Fsp3) is 0.438. The molecule has 0 bridgehead atoms. The molecule has 7 nitrogen and oxygen atoms in total. The van der Waals surface area contributed by atoms with Gasteiger partial charge < -0.3 is 14.0 Å². The molecule has 1 heterocycles. The molecule has 0 radical (unpaired) electrons. The normalized spacial score (nSPS) is 13.0. The number of carbonyl (C=O) groups excluding carboxylic acids is 1. The minimum atomic E-state index is -4.37. The first kappa shape index (κ1) is 18.3. The summed E-state index contributed by atoms with van der Waals surface area (Å²) in [6, 6.07) is 6.87. The van der Waals surface area contributed by atoms with Crippen LogP contribution in [0.5, 0.6) is 0 Å². The second-order valence-electron chi connectivity index (χ2n) is 5.35. The van der Waals surface area contributed by atoms with Crippen molar-refractivity contribution in [2.24, 2.45) is 0 Å². The van der Waals surface area contributed by atoms with Crippen molar-refractivity contribution in [1.82, 2.24) is 4.57 Å². The molecule has 0 aliphatic heterocycles. The quantitative estimate of drug-likeness (QED) is 0.632. The second kappa shape index (κ2) is 7.23. The fourth-order valence-electron chi connectivity index (χ4n) is 2.70. The minimum Gasteiger partial charge on any atom is -0.435 e. The molecule has 0 spiro atoms. The van der Waals surface area contributed by atoms with Crippen LogP contribution in [-0.4, -0.2) is 36.4 Å². The van der Waals surface area contributed by atoms with Gasteiger partial charge in [-0.15, -0.1) is 0 Å². The van der Waals surface area contributed by atoms with E-state index < -0.39 is 22.4 Å². The summed E-state index contributed by atoms with van der Waals surface area (Å²) < 4.78 is 44.8. The molecule has 1 N–H and O–H groups in total. The standard InChI is InChI=1S/C16H21NO6S/c1-4-12(23-16(18)22-5-2)10-17-11(3)15(24(19,20)21)13-8-6-7-9-14(13)17/h6-9,12H,4-5,10H2,1-3H3,(H,19,20,21). The molecule has 24 heavy (non-hydrogen) atoms. The topological polar surface area (TPSA) is 94.8 Å². The van der Waals surface area contributed by atoms with E-state index in [0.717, 1.165) is 0 Å². The lowest BCUT2D eigenvalue weighted by molar-refractivity contribution is 0.0194. The maximum absolute atomic E-state index is 11.7. The zero-order valence-corrected chi connectivity index (χ0v) is 14.7. The molecule has 132 valence electrons. The van der Waals surface area contributed by atoms with Gasteiger partial charge in [0.25, 0.3) is 10.1 Å². The van der Waals surface area contributed by atoms with E-state index in [0.29, 0.717) is 23.0 Å². The third-order valence-electron chi connectivity index (χ3n) is 3.80. The average molecular weight is 355 g/mol. The Morgan fingerprint density at radius 3 is 2.54 bits per heavy atom. The fourth-order valence-corrected chi connectivity index (χ4v) is 3.64. The van der Waals surface area contributed by atoms with Crippen molar-refractivity contribution in [3.05, 3.63) is 30.0 Å². The van der Waals surface area contributed by atoms with Crippen molar-refractivity contribution < 1.29 is 27.2 Å². The first-order valence-corrected chi connectivity index (χ1v) is 9.12. The summed E-state index contributed by atoms with van der Waals surface area (Å²) in [5.74, 6) is 0. The maximum atomic E-state index is 11.7. The van der Waals surface area contributed by atoms with E-state index in [1.54, 1.807) is 42.7 Å². The van der Waals surface area contributed by atoms with Gasteiger partial charge >= 0.3 is 6.16 Å². The van der Waals surface area contributed by atoms with Crippen LogP contribution in [0.2, 0.25) is 0 Å². The SMILES string of the molecule is CCOC(=O)OC(CC)Cn1c(C)c(S(=O)(=O)O)c2ccccc21. The molecular weight excluding hydrogens is 334 g/mol. The molecule has 0 saturated heterocycles. The lowest BCUT2D eigenvalue weighted by Gasteiger charge is -2.18. The number of fused-ring (bicyclic) bond motifs is 1. The van der Waals surface area contributed by atoms with E-state index in [2.05, 4.69) is 0 Å². The molecule has 0 aliphatic rings. The Kier molecular flexibility index (Phi) is 5.51. The Morgan fingerprint density at radius 2 is 1.96 bits per heavy atom. The van der Waals surface area contributed by atoms with Crippen molar-refractivity contribution in [3.63, 3.8) is 0 Å². The molecule has 1 unspecified atom stereocenters. The lowest BCUT2D eigenvalue weighted by Crippen LogP contribution is -2.24. The number of carbonyl (C=O) groups is 1. The Balaban J connectivity index is 2.45. The van der Waals surface area contributed by atoms with Crippen LogP contribution in [0, 0.1) is 6.92 Å². The molecule has 1 atom stereocenters. The number of para-hydroxylation sites is 1. The van der Waals surface area contributed by atoms with Crippen LogP contribution in [0.3, 0.4) is 0 Å². The summed E-state index contributed by atoms with van der Waals surface area (Å²) in [5.41, 5.74) is 1.04. The van der Waals surface area contributed by atoms with E-state index in [9.17, 15) is 17.8 Å². The monoisotopic (exact) mass is 355 g/mol. The Hall–Kier alpha value is -2.06. The number of aromatic nitrogens is 1.